The highest BCUT2D eigenvalue weighted by Crippen LogP contribution is 2.36. The maximum atomic E-state index is 4.36. The van der Waals surface area contributed by atoms with Crippen LogP contribution >= 0.6 is 43.2 Å². The maximum Gasteiger partial charge on any atom is 0.0758 e. The summed E-state index contributed by atoms with van der Waals surface area (Å²) in [7, 11) is 0. The molecule has 0 aromatic carbocycles. The predicted octanol–water partition coefficient (Wildman–Crippen LogP) is 4.77. The van der Waals surface area contributed by atoms with Crippen LogP contribution in [0.1, 0.15) is 37.4 Å². The molecule has 2 aromatic heterocycles. The van der Waals surface area contributed by atoms with Gasteiger partial charge in [0.05, 0.1) is 13.8 Å². The van der Waals surface area contributed by atoms with Crippen LogP contribution in [-0.4, -0.2) is 16.3 Å². The van der Waals surface area contributed by atoms with Crippen LogP contribution in [0.3, 0.4) is 0 Å². The van der Waals surface area contributed by atoms with Gasteiger partial charge in [0.25, 0.3) is 0 Å². The molecule has 2 heterocycles. The molecule has 1 atom stereocenters. The first kappa shape index (κ1) is 16.2. The molecular weight excluding hydrogens is 402 g/mol. The fraction of sp³-hybridized carbons (Fsp3) is 0.500. The quantitative estimate of drug-likeness (QED) is 0.698. The zero-order valence-electron chi connectivity index (χ0n) is 11.7. The van der Waals surface area contributed by atoms with Crippen molar-refractivity contribution >= 4 is 43.2 Å². The summed E-state index contributed by atoms with van der Waals surface area (Å²) in [6.07, 6.45) is 6.20. The van der Waals surface area contributed by atoms with Gasteiger partial charge in [-0.2, -0.15) is 5.10 Å². The maximum absolute atomic E-state index is 4.36. The Balaban J connectivity index is 2.16. The molecule has 0 spiro atoms. The number of aryl methyl sites for hydroxylation is 1. The van der Waals surface area contributed by atoms with Gasteiger partial charge < -0.3 is 5.32 Å². The average molecular weight is 421 g/mol. The van der Waals surface area contributed by atoms with Gasteiger partial charge in [0.1, 0.15) is 0 Å². The van der Waals surface area contributed by atoms with Crippen molar-refractivity contribution in [1.29, 1.82) is 0 Å². The number of hydrogen-bond acceptors (Lipinski definition) is 3. The second-order valence-electron chi connectivity index (χ2n) is 4.69. The van der Waals surface area contributed by atoms with E-state index in [9.17, 15) is 0 Å². The normalized spacial score (nSPS) is 12.8. The lowest BCUT2D eigenvalue weighted by Gasteiger charge is -2.17. The van der Waals surface area contributed by atoms with E-state index in [-0.39, 0.29) is 0 Å². The van der Waals surface area contributed by atoms with Gasteiger partial charge in [-0.3, -0.25) is 4.68 Å². The lowest BCUT2D eigenvalue weighted by atomic mass is 10.0. The lowest BCUT2D eigenvalue weighted by molar-refractivity contribution is 0.528. The molecule has 0 saturated heterocycles. The molecule has 0 aliphatic rings. The molecule has 6 heteroatoms. The monoisotopic (exact) mass is 419 g/mol. The van der Waals surface area contributed by atoms with Crippen molar-refractivity contribution < 1.29 is 0 Å². The van der Waals surface area contributed by atoms with Crippen molar-refractivity contribution in [2.24, 2.45) is 0 Å². The Hall–Kier alpha value is -0.170. The number of nitrogens with one attached hydrogen (secondary N) is 1. The van der Waals surface area contributed by atoms with E-state index < -0.39 is 0 Å². The fourth-order valence-corrected chi connectivity index (χ4v) is 5.10. The number of halogens is 2. The highest BCUT2D eigenvalue weighted by Gasteiger charge is 2.18. The van der Waals surface area contributed by atoms with Crippen LogP contribution in [0.2, 0.25) is 0 Å². The third kappa shape index (κ3) is 4.16. The Morgan fingerprint density at radius 3 is 2.75 bits per heavy atom. The molecule has 2 aromatic rings. The van der Waals surface area contributed by atoms with Crippen LogP contribution in [0.4, 0.5) is 0 Å². The first-order valence-electron chi connectivity index (χ1n) is 6.83. The molecular formula is C14H19Br2N3S. The number of nitrogens with zero attached hydrogens (tertiary/aromatic N) is 2. The van der Waals surface area contributed by atoms with Crippen LogP contribution in [0, 0.1) is 0 Å². The van der Waals surface area contributed by atoms with Crippen molar-refractivity contribution in [1.82, 2.24) is 15.1 Å². The average Bonchev–Trinajstić information content (AvgIpc) is 3.01. The number of hydrogen-bond donors (Lipinski definition) is 1. The molecule has 0 saturated carbocycles. The highest BCUT2D eigenvalue weighted by atomic mass is 79.9. The van der Waals surface area contributed by atoms with Crippen molar-refractivity contribution in [3.63, 3.8) is 0 Å². The molecule has 110 valence electrons. The first-order chi connectivity index (χ1) is 9.63. The van der Waals surface area contributed by atoms with Crippen molar-refractivity contribution in [2.75, 3.05) is 6.54 Å². The lowest BCUT2D eigenvalue weighted by Crippen LogP contribution is -2.23. The Bertz CT molecular complexity index is 550. The minimum atomic E-state index is 0.321. The minimum Gasteiger partial charge on any atom is -0.310 e. The number of thiophene rings is 1. The summed E-state index contributed by atoms with van der Waals surface area (Å²) in [6.45, 7) is 6.24. The topological polar surface area (TPSA) is 29.9 Å². The Labute approximate surface area is 141 Å². The summed E-state index contributed by atoms with van der Waals surface area (Å²) in [5, 5.41) is 7.99. The van der Waals surface area contributed by atoms with Gasteiger partial charge >= 0.3 is 0 Å². The van der Waals surface area contributed by atoms with Crippen LogP contribution in [-0.2, 0) is 13.0 Å². The molecule has 0 fully saturated rings. The van der Waals surface area contributed by atoms with E-state index in [4.69, 9.17) is 0 Å². The summed E-state index contributed by atoms with van der Waals surface area (Å²) in [5.41, 5.74) is 2.59. The summed E-state index contributed by atoms with van der Waals surface area (Å²) in [6, 6.07) is 2.52. The fourth-order valence-electron chi connectivity index (χ4n) is 2.12. The van der Waals surface area contributed by atoms with Gasteiger partial charge in [-0.15, -0.1) is 11.3 Å². The Morgan fingerprint density at radius 2 is 2.20 bits per heavy atom. The molecule has 1 N–H and O–H groups in total. The summed E-state index contributed by atoms with van der Waals surface area (Å²) < 4.78 is 4.33. The number of aromatic nitrogens is 2. The van der Waals surface area contributed by atoms with E-state index in [0.717, 1.165) is 29.7 Å². The van der Waals surface area contributed by atoms with E-state index in [0.29, 0.717) is 6.04 Å². The minimum absolute atomic E-state index is 0.321. The predicted molar refractivity (Wildman–Crippen MR) is 92.4 cm³/mol. The zero-order valence-corrected chi connectivity index (χ0v) is 15.7. The third-order valence-electron chi connectivity index (χ3n) is 3.15. The molecule has 0 amide bonds. The van der Waals surface area contributed by atoms with Gasteiger partial charge in [0, 0.05) is 18.8 Å². The van der Waals surface area contributed by atoms with Crippen LogP contribution in [0.5, 0.6) is 0 Å². The van der Waals surface area contributed by atoms with Gasteiger partial charge in [-0.25, -0.2) is 0 Å². The van der Waals surface area contributed by atoms with Crippen molar-refractivity contribution in [3.05, 3.63) is 37.2 Å². The third-order valence-corrected chi connectivity index (χ3v) is 5.54. The second kappa shape index (κ2) is 7.73. The van der Waals surface area contributed by atoms with Gasteiger partial charge in [0.15, 0.2) is 0 Å². The Kier molecular flexibility index (Phi) is 6.26. The molecule has 20 heavy (non-hydrogen) atoms. The molecule has 0 radical (unpaired) electrons. The largest absolute Gasteiger partial charge is 0.310 e. The SMILES string of the molecule is CCCNC(Cc1cnn(CC)c1)c1cc(Br)sc1Br. The van der Waals surface area contributed by atoms with E-state index >= 15 is 0 Å². The van der Waals surface area contributed by atoms with Crippen LogP contribution in [0.15, 0.2) is 26.0 Å². The first-order valence-corrected chi connectivity index (χ1v) is 9.23. The van der Waals surface area contributed by atoms with E-state index in [1.54, 1.807) is 11.3 Å². The van der Waals surface area contributed by atoms with Crippen molar-refractivity contribution in [3.8, 4) is 0 Å². The van der Waals surface area contributed by atoms with Gasteiger partial charge in [-0.05, 0) is 75.4 Å². The van der Waals surface area contributed by atoms with Gasteiger partial charge in [0.2, 0.25) is 0 Å². The smallest absolute Gasteiger partial charge is 0.0758 e. The van der Waals surface area contributed by atoms with Crippen molar-refractivity contribution in [2.45, 2.75) is 39.3 Å². The molecule has 3 nitrogen and oxygen atoms in total. The molecule has 1 unspecified atom stereocenters. The summed E-state index contributed by atoms with van der Waals surface area (Å²) in [4.78, 5) is 0. The van der Waals surface area contributed by atoms with Gasteiger partial charge in [-0.1, -0.05) is 6.92 Å². The Morgan fingerprint density at radius 1 is 1.40 bits per heavy atom. The molecule has 0 aliphatic heterocycles. The molecule has 0 bridgehead atoms. The summed E-state index contributed by atoms with van der Waals surface area (Å²) in [5.74, 6) is 0. The van der Waals surface area contributed by atoms with E-state index in [1.807, 2.05) is 10.9 Å². The highest BCUT2D eigenvalue weighted by molar-refractivity contribution is 9.12. The number of rotatable bonds is 7. The second-order valence-corrected chi connectivity index (χ2v) is 8.44. The molecule has 2 rings (SSSR count). The van der Waals surface area contributed by atoms with Crippen LogP contribution in [0.25, 0.3) is 0 Å². The standard InChI is InChI=1S/C14H19Br2N3S/c1-3-5-17-12(11-7-13(15)20-14(11)16)6-10-8-18-19(4-2)9-10/h7-9,12,17H,3-6H2,1-2H3. The van der Waals surface area contributed by atoms with E-state index in [1.165, 1.54) is 14.9 Å². The van der Waals surface area contributed by atoms with Crippen LogP contribution < -0.4 is 5.32 Å². The summed E-state index contributed by atoms with van der Waals surface area (Å²) >= 11 is 8.96. The molecule has 0 aliphatic carbocycles. The zero-order chi connectivity index (χ0) is 14.5. The van der Waals surface area contributed by atoms with E-state index in [2.05, 4.69) is 68.4 Å².